The first-order valence-corrected chi connectivity index (χ1v) is 3.41. The fraction of sp³-hybridized carbons (Fsp3) is 0.714. The van der Waals surface area contributed by atoms with Gasteiger partial charge in [0.05, 0.1) is 0 Å². The average Bonchev–Trinajstić information content (AvgIpc) is 2.36. The number of carboxylic acid groups (broad SMARTS) is 1. The van der Waals surface area contributed by atoms with Gasteiger partial charge in [-0.15, -0.1) is 0 Å². The van der Waals surface area contributed by atoms with E-state index >= 15 is 0 Å². The summed E-state index contributed by atoms with van der Waals surface area (Å²) in [5.74, 6) is -0.949. The van der Waals surface area contributed by atoms with E-state index in [0.29, 0.717) is 12.8 Å². The van der Waals surface area contributed by atoms with Gasteiger partial charge in [0, 0.05) is 5.41 Å². The molecule has 1 atom stereocenters. The summed E-state index contributed by atoms with van der Waals surface area (Å²) in [6, 6.07) is 0. The van der Waals surface area contributed by atoms with Crippen LogP contribution in [0.5, 0.6) is 0 Å². The number of carbonyl (C=O) groups excluding carboxylic acids is 1. The maximum absolute atomic E-state index is 10.7. The van der Waals surface area contributed by atoms with Gasteiger partial charge in [-0.25, -0.2) is 4.79 Å². The van der Waals surface area contributed by atoms with E-state index in [-0.39, 0.29) is 5.41 Å². The van der Waals surface area contributed by atoms with Crippen molar-refractivity contribution in [2.24, 2.45) is 5.41 Å². The van der Waals surface area contributed by atoms with Crippen LogP contribution in [-0.2, 0) is 9.59 Å². The summed E-state index contributed by atoms with van der Waals surface area (Å²) < 4.78 is 0. The maximum Gasteiger partial charge on any atom is 0.329 e. The van der Waals surface area contributed by atoms with Crippen LogP contribution in [0, 0.1) is 5.41 Å². The molecule has 0 unspecified atom stereocenters. The Morgan fingerprint density at radius 3 is 2.18 bits per heavy atom. The fourth-order valence-electron chi connectivity index (χ4n) is 1.39. The smallest absolute Gasteiger partial charge is 0.329 e. The van der Waals surface area contributed by atoms with Gasteiger partial charge in [0.15, 0.2) is 0 Å². The number of hydrogen-bond donors (Lipinski definition) is 2. The van der Waals surface area contributed by atoms with Crippen molar-refractivity contribution in [1.82, 2.24) is 5.32 Å². The Hall–Kier alpha value is -1.06. The van der Waals surface area contributed by atoms with Crippen LogP contribution >= 0.6 is 0 Å². The van der Waals surface area contributed by atoms with Crippen molar-refractivity contribution in [3.8, 4) is 0 Å². The molecule has 0 saturated heterocycles. The van der Waals surface area contributed by atoms with Gasteiger partial charge in [0.1, 0.15) is 5.54 Å². The topological polar surface area (TPSA) is 66.4 Å². The largest absolute Gasteiger partial charge is 0.479 e. The summed E-state index contributed by atoms with van der Waals surface area (Å²) in [5, 5.41) is 11.1. The summed E-state index contributed by atoms with van der Waals surface area (Å²) in [6.45, 7) is 3.63. The molecule has 0 aromatic heterocycles. The van der Waals surface area contributed by atoms with Crippen LogP contribution in [0.15, 0.2) is 0 Å². The van der Waals surface area contributed by atoms with E-state index in [1.54, 1.807) is 0 Å². The Labute approximate surface area is 64.6 Å². The third kappa shape index (κ3) is 0.895. The van der Waals surface area contributed by atoms with Crippen molar-refractivity contribution in [1.29, 1.82) is 0 Å². The highest BCUT2D eigenvalue weighted by Crippen LogP contribution is 2.55. The number of nitrogens with one attached hydrogen (secondary N) is 1. The summed E-state index contributed by atoms with van der Waals surface area (Å²) in [6.07, 6.45) is 0.955. The monoisotopic (exact) mass is 157 g/mol. The van der Waals surface area contributed by atoms with E-state index in [4.69, 9.17) is 5.11 Å². The second kappa shape index (κ2) is 1.96. The van der Waals surface area contributed by atoms with Gasteiger partial charge in [-0.2, -0.15) is 0 Å². The zero-order chi connectivity index (χ0) is 8.70. The van der Waals surface area contributed by atoms with Crippen molar-refractivity contribution in [3.63, 3.8) is 0 Å². The summed E-state index contributed by atoms with van der Waals surface area (Å²) >= 11 is 0. The SMILES string of the molecule is CC1(C)C[C@]1(NC=O)C(=O)O. The highest BCUT2D eigenvalue weighted by molar-refractivity contribution is 5.87. The zero-order valence-electron chi connectivity index (χ0n) is 6.55. The Balaban J connectivity index is 2.79. The Bertz CT molecular complexity index is 212. The van der Waals surface area contributed by atoms with Crippen LogP contribution in [-0.4, -0.2) is 23.0 Å². The molecule has 0 bridgehead atoms. The Kier molecular flexibility index (Phi) is 1.44. The van der Waals surface area contributed by atoms with Crippen LogP contribution < -0.4 is 5.32 Å². The van der Waals surface area contributed by atoms with E-state index in [1.165, 1.54) is 0 Å². The predicted octanol–water partition coefficient (Wildman–Crippen LogP) is -0.0143. The number of aliphatic carboxylic acids is 1. The normalized spacial score (nSPS) is 32.5. The van der Waals surface area contributed by atoms with E-state index in [0.717, 1.165) is 0 Å². The molecule has 1 aliphatic carbocycles. The molecule has 1 fully saturated rings. The molecule has 0 aliphatic heterocycles. The molecular formula is C7H11NO3. The fourth-order valence-corrected chi connectivity index (χ4v) is 1.39. The standard InChI is InChI=1S/C7H11NO3/c1-6(2)3-7(6,5(10)11)8-4-9/h4H,3H2,1-2H3,(H,8,9)(H,10,11)/t7-/m0/s1. The molecule has 4 nitrogen and oxygen atoms in total. The lowest BCUT2D eigenvalue weighted by atomic mass is 10.1. The molecule has 1 saturated carbocycles. The van der Waals surface area contributed by atoms with Crippen molar-refractivity contribution in [3.05, 3.63) is 0 Å². The highest BCUT2D eigenvalue weighted by atomic mass is 16.4. The minimum atomic E-state index is -1.01. The Morgan fingerprint density at radius 1 is 1.64 bits per heavy atom. The lowest BCUT2D eigenvalue weighted by Crippen LogP contribution is -2.42. The van der Waals surface area contributed by atoms with Crippen molar-refractivity contribution < 1.29 is 14.7 Å². The van der Waals surface area contributed by atoms with Gasteiger partial charge in [0.25, 0.3) is 0 Å². The highest BCUT2D eigenvalue weighted by Gasteiger charge is 2.67. The van der Waals surface area contributed by atoms with Gasteiger partial charge < -0.3 is 10.4 Å². The van der Waals surface area contributed by atoms with Gasteiger partial charge in [-0.3, -0.25) is 4.79 Å². The minimum absolute atomic E-state index is 0.306. The number of rotatable bonds is 3. The lowest BCUT2D eigenvalue weighted by molar-refractivity contribution is -0.143. The predicted molar refractivity (Wildman–Crippen MR) is 38.0 cm³/mol. The van der Waals surface area contributed by atoms with E-state index in [9.17, 15) is 9.59 Å². The van der Waals surface area contributed by atoms with Gasteiger partial charge in [0.2, 0.25) is 6.41 Å². The number of hydrogen-bond acceptors (Lipinski definition) is 2. The first-order chi connectivity index (χ1) is 4.96. The summed E-state index contributed by atoms with van der Waals surface area (Å²) in [4.78, 5) is 20.7. The van der Waals surface area contributed by atoms with E-state index < -0.39 is 11.5 Å². The molecule has 1 amide bonds. The summed E-state index contributed by atoms with van der Waals surface area (Å²) in [5.41, 5.74) is -1.31. The molecule has 62 valence electrons. The minimum Gasteiger partial charge on any atom is -0.479 e. The molecule has 1 rings (SSSR count). The van der Waals surface area contributed by atoms with Crippen molar-refractivity contribution in [2.75, 3.05) is 0 Å². The molecule has 0 spiro atoms. The molecule has 11 heavy (non-hydrogen) atoms. The maximum atomic E-state index is 10.7. The quantitative estimate of drug-likeness (QED) is 0.566. The number of amides is 1. The van der Waals surface area contributed by atoms with Gasteiger partial charge >= 0.3 is 5.97 Å². The first-order valence-electron chi connectivity index (χ1n) is 3.41. The zero-order valence-corrected chi connectivity index (χ0v) is 6.55. The van der Waals surface area contributed by atoms with Gasteiger partial charge in [-0.1, -0.05) is 13.8 Å². The van der Waals surface area contributed by atoms with Crippen LogP contribution in [0.3, 0.4) is 0 Å². The average molecular weight is 157 g/mol. The third-order valence-electron chi connectivity index (χ3n) is 2.41. The molecule has 0 aromatic rings. The van der Waals surface area contributed by atoms with Crippen LogP contribution in [0.25, 0.3) is 0 Å². The van der Waals surface area contributed by atoms with E-state index in [2.05, 4.69) is 5.32 Å². The van der Waals surface area contributed by atoms with Crippen molar-refractivity contribution >= 4 is 12.4 Å². The van der Waals surface area contributed by atoms with Crippen LogP contribution in [0.1, 0.15) is 20.3 Å². The first kappa shape index (κ1) is 8.04. The molecule has 1 aliphatic rings. The number of carbonyl (C=O) groups is 2. The van der Waals surface area contributed by atoms with Crippen LogP contribution in [0.2, 0.25) is 0 Å². The molecule has 2 N–H and O–H groups in total. The molecular weight excluding hydrogens is 146 g/mol. The molecule has 0 heterocycles. The molecule has 0 radical (unpaired) electrons. The second-order valence-electron chi connectivity index (χ2n) is 3.53. The number of carboxylic acids is 1. The van der Waals surface area contributed by atoms with E-state index in [1.807, 2.05) is 13.8 Å². The lowest BCUT2D eigenvalue weighted by Gasteiger charge is -2.13. The summed E-state index contributed by atoms with van der Waals surface area (Å²) in [7, 11) is 0. The third-order valence-corrected chi connectivity index (χ3v) is 2.41. The molecule has 4 heteroatoms. The van der Waals surface area contributed by atoms with Crippen LogP contribution in [0.4, 0.5) is 0 Å². The molecule has 0 aromatic carbocycles. The van der Waals surface area contributed by atoms with Crippen molar-refractivity contribution in [2.45, 2.75) is 25.8 Å². The Morgan fingerprint density at radius 2 is 2.09 bits per heavy atom. The second-order valence-corrected chi connectivity index (χ2v) is 3.53. The van der Waals surface area contributed by atoms with Gasteiger partial charge in [-0.05, 0) is 6.42 Å².